The van der Waals surface area contributed by atoms with E-state index < -0.39 is 0 Å². The molecule has 0 saturated carbocycles. The molecule has 6 nitrogen and oxygen atoms in total. The Morgan fingerprint density at radius 2 is 1.81 bits per heavy atom. The monoisotopic (exact) mass is 364 g/mol. The van der Waals surface area contributed by atoms with Crippen molar-refractivity contribution in [2.75, 3.05) is 11.4 Å². The molecule has 1 aromatic heterocycles. The van der Waals surface area contributed by atoms with Gasteiger partial charge in [0.15, 0.2) is 5.03 Å². The van der Waals surface area contributed by atoms with Crippen LogP contribution >= 0.6 is 11.8 Å². The van der Waals surface area contributed by atoms with Gasteiger partial charge in [0.05, 0.1) is 4.92 Å². The Hall–Kier alpha value is -2.93. The van der Waals surface area contributed by atoms with E-state index in [1.807, 2.05) is 53.4 Å². The molecular weight excluding hydrogens is 348 g/mol. The summed E-state index contributed by atoms with van der Waals surface area (Å²) in [5.74, 6) is 0.357. The minimum absolute atomic E-state index is 0.0435. The van der Waals surface area contributed by atoms with Crippen LogP contribution in [0.1, 0.15) is 12.0 Å². The van der Waals surface area contributed by atoms with Gasteiger partial charge < -0.3 is 4.90 Å². The first-order valence-corrected chi connectivity index (χ1v) is 9.13. The molecule has 0 fully saturated rings. The Morgan fingerprint density at radius 3 is 2.62 bits per heavy atom. The Labute approximate surface area is 155 Å². The van der Waals surface area contributed by atoms with Crippen LogP contribution in [-0.2, 0) is 6.42 Å². The molecule has 0 N–H and O–H groups in total. The fourth-order valence-electron chi connectivity index (χ4n) is 3.14. The van der Waals surface area contributed by atoms with Crippen LogP contribution in [0.15, 0.2) is 70.8 Å². The Bertz CT molecular complexity index is 949. The lowest BCUT2D eigenvalue weighted by Crippen LogP contribution is -2.26. The highest BCUT2D eigenvalue weighted by atomic mass is 32.2. The van der Waals surface area contributed by atoms with Gasteiger partial charge in [-0.2, -0.15) is 0 Å². The third-order valence-electron chi connectivity index (χ3n) is 4.28. The van der Waals surface area contributed by atoms with E-state index >= 15 is 0 Å². The van der Waals surface area contributed by atoms with Gasteiger partial charge in [-0.05, 0) is 36.6 Å². The highest BCUT2D eigenvalue weighted by Gasteiger charge is 2.30. The minimum Gasteiger partial charge on any atom is -0.320 e. The topological polar surface area (TPSA) is 72.2 Å². The van der Waals surface area contributed by atoms with E-state index in [1.54, 1.807) is 0 Å². The second kappa shape index (κ2) is 7.13. The molecule has 130 valence electrons. The molecule has 2 aromatic carbocycles. The number of para-hydroxylation sites is 1. The lowest BCUT2D eigenvalue weighted by molar-refractivity contribution is -0.387. The molecule has 1 aliphatic rings. The minimum atomic E-state index is -0.377. The van der Waals surface area contributed by atoms with Gasteiger partial charge >= 0.3 is 5.69 Å². The number of nitro groups is 1. The molecule has 0 bridgehead atoms. The summed E-state index contributed by atoms with van der Waals surface area (Å²) in [4.78, 5) is 22.8. The molecule has 4 rings (SSSR count). The molecule has 0 spiro atoms. The van der Waals surface area contributed by atoms with E-state index in [4.69, 9.17) is 0 Å². The summed E-state index contributed by atoms with van der Waals surface area (Å²) in [5, 5.41) is 12.2. The van der Waals surface area contributed by atoms with Crippen molar-refractivity contribution in [2.24, 2.45) is 0 Å². The Morgan fingerprint density at radius 1 is 1.04 bits per heavy atom. The van der Waals surface area contributed by atoms with Crippen molar-refractivity contribution in [3.63, 3.8) is 0 Å². The van der Waals surface area contributed by atoms with Gasteiger partial charge in [0.2, 0.25) is 5.82 Å². The predicted octanol–water partition coefficient (Wildman–Crippen LogP) is 4.62. The molecule has 0 radical (unpaired) electrons. The number of hydrogen-bond donors (Lipinski definition) is 0. The van der Waals surface area contributed by atoms with Crippen LogP contribution in [0.5, 0.6) is 0 Å². The van der Waals surface area contributed by atoms with Crippen LogP contribution in [-0.4, -0.2) is 21.4 Å². The van der Waals surface area contributed by atoms with E-state index in [9.17, 15) is 10.1 Å². The number of nitrogens with zero attached hydrogens (tertiary/aromatic N) is 4. The summed E-state index contributed by atoms with van der Waals surface area (Å²) in [6.45, 7) is 0.699. The summed E-state index contributed by atoms with van der Waals surface area (Å²) < 4.78 is 0. The SMILES string of the molecule is O=[N+]([O-])c1c(Sc2ccccc2)ncnc1N1CCCc2ccccc21. The third kappa shape index (κ3) is 3.13. The molecule has 26 heavy (non-hydrogen) atoms. The molecule has 7 heteroatoms. The van der Waals surface area contributed by atoms with Crippen molar-refractivity contribution < 1.29 is 4.92 Å². The Balaban J connectivity index is 1.80. The number of anilines is 2. The maximum absolute atomic E-state index is 11.9. The number of fused-ring (bicyclic) bond motifs is 1. The van der Waals surface area contributed by atoms with Crippen molar-refractivity contribution in [3.05, 3.63) is 76.6 Å². The van der Waals surface area contributed by atoms with Crippen molar-refractivity contribution in [2.45, 2.75) is 22.8 Å². The maximum Gasteiger partial charge on any atom is 0.344 e. The quantitative estimate of drug-likeness (QED) is 0.382. The molecule has 0 aliphatic carbocycles. The summed E-state index contributed by atoms with van der Waals surface area (Å²) in [6.07, 6.45) is 3.31. The summed E-state index contributed by atoms with van der Waals surface area (Å²) in [6, 6.07) is 17.5. The molecule has 1 aliphatic heterocycles. The van der Waals surface area contributed by atoms with Gasteiger partial charge in [-0.1, -0.05) is 48.2 Å². The molecule has 0 saturated heterocycles. The average Bonchev–Trinajstić information content (AvgIpc) is 2.68. The molecule has 0 amide bonds. The van der Waals surface area contributed by atoms with Crippen LogP contribution in [0.4, 0.5) is 17.2 Å². The first-order chi connectivity index (χ1) is 12.7. The van der Waals surface area contributed by atoms with Crippen molar-refractivity contribution in [1.29, 1.82) is 0 Å². The van der Waals surface area contributed by atoms with Crippen molar-refractivity contribution in [1.82, 2.24) is 9.97 Å². The molecule has 0 atom stereocenters. The molecule has 0 unspecified atom stereocenters. The first kappa shape index (κ1) is 16.5. The van der Waals surface area contributed by atoms with Gasteiger partial charge in [0.1, 0.15) is 6.33 Å². The highest BCUT2D eigenvalue weighted by molar-refractivity contribution is 7.99. The normalized spacial score (nSPS) is 13.3. The Kier molecular flexibility index (Phi) is 4.53. The van der Waals surface area contributed by atoms with Crippen LogP contribution in [0.2, 0.25) is 0 Å². The van der Waals surface area contributed by atoms with E-state index in [-0.39, 0.29) is 10.6 Å². The fourth-order valence-corrected chi connectivity index (χ4v) is 4.02. The van der Waals surface area contributed by atoms with Gasteiger partial charge in [0.25, 0.3) is 0 Å². The van der Waals surface area contributed by atoms with E-state index in [1.165, 1.54) is 23.7 Å². The fraction of sp³-hybridized carbons (Fsp3) is 0.158. The first-order valence-electron chi connectivity index (χ1n) is 8.32. The number of hydrogen-bond acceptors (Lipinski definition) is 6. The third-order valence-corrected chi connectivity index (χ3v) is 5.28. The summed E-state index contributed by atoms with van der Waals surface area (Å²) >= 11 is 1.28. The smallest absolute Gasteiger partial charge is 0.320 e. The van der Waals surface area contributed by atoms with Crippen LogP contribution in [0.25, 0.3) is 0 Å². The number of rotatable bonds is 4. The van der Waals surface area contributed by atoms with Gasteiger partial charge in [0, 0.05) is 17.1 Å². The summed E-state index contributed by atoms with van der Waals surface area (Å²) in [7, 11) is 0. The predicted molar refractivity (Wildman–Crippen MR) is 101 cm³/mol. The highest BCUT2D eigenvalue weighted by Crippen LogP contribution is 2.42. The zero-order valence-electron chi connectivity index (χ0n) is 13.9. The molecule has 3 aromatic rings. The standard InChI is InChI=1S/C19H16N4O2S/c24-23(25)17-18(22-12-6-8-14-7-4-5-11-16(14)22)20-13-21-19(17)26-15-9-2-1-3-10-15/h1-5,7,9-11,13H,6,8,12H2. The summed E-state index contributed by atoms with van der Waals surface area (Å²) in [5.41, 5.74) is 2.12. The van der Waals surface area contributed by atoms with Crippen LogP contribution in [0.3, 0.4) is 0 Å². The molecular formula is C19H16N4O2S. The zero-order valence-corrected chi connectivity index (χ0v) is 14.7. The average molecular weight is 364 g/mol. The van der Waals surface area contributed by atoms with E-state index in [0.717, 1.165) is 23.4 Å². The molecule has 2 heterocycles. The maximum atomic E-state index is 11.9. The van der Waals surface area contributed by atoms with E-state index in [0.29, 0.717) is 17.4 Å². The largest absolute Gasteiger partial charge is 0.344 e. The van der Waals surface area contributed by atoms with Crippen molar-refractivity contribution in [3.8, 4) is 0 Å². The lowest BCUT2D eigenvalue weighted by atomic mass is 10.0. The number of benzene rings is 2. The van der Waals surface area contributed by atoms with Crippen LogP contribution < -0.4 is 4.90 Å². The van der Waals surface area contributed by atoms with Crippen molar-refractivity contribution >= 4 is 29.0 Å². The second-order valence-corrected chi connectivity index (χ2v) is 6.97. The van der Waals surface area contributed by atoms with Gasteiger partial charge in [-0.3, -0.25) is 10.1 Å². The lowest BCUT2D eigenvalue weighted by Gasteiger charge is -2.30. The van der Waals surface area contributed by atoms with Crippen LogP contribution in [0, 0.1) is 10.1 Å². The van der Waals surface area contributed by atoms with Gasteiger partial charge in [-0.15, -0.1) is 0 Å². The van der Waals surface area contributed by atoms with Gasteiger partial charge in [-0.25, -0.2) is 9.97 Å². The zero-order chi connectivity index (χ0) is 17.9. The second-order valence-electron chi connectivity index (χ2n) is 5.91. The number of aryl methyl sites for hydroxylation is 1. The van der Waals surface area contributed by atoms with E-state index in [2.05, 4.69) is 16.0 Å². The number of aromatic nitrogens is 2.